The van der Waals surface area contributed by atoms with Crippen LogP contribution in [0.15, 0.2) is 22.7 Å². The molecule has 2 saturated heterocycles. The zero-order valence-electron chi connectivity index (χ0n) is 12.6. The van der Waals surface area contributed by atoms with Crippen molar-refractivity contribution in [2.45, 2.75) is 32.6 Å². The number of likely N-dealkylation sites (tertiary alicyclic amines) is 1. The molecule has 21 heavy (non-hydrogen) atoms. The van der Waals surface area contributed by atoms with Crippen LogP contribution in [0, 0.1) is 12.3 Å². The quantitative estimate of drug-likeness (QED) is 0.842. The minimum Gasteiger partial charge on any atom is -0.338 e. The third kappa shape index (κ3) is 3.02. The van der Waals surface area contributed by atoms with E-state index in [-0.39, 0.29) is 5.91 Å². The van der Waals surface area contributed by atoms with E-state index in [1.807, 2.05) is 25.1 Å². The average molecular weight is 351 g/mol. The molecule has 0 saturated carbocycles. The van der Waals surface area contributed by atoms with Gasteiger partial charge in [-0.1, -0.05) is 22.0 Å². The van der Waals surface area contributed by atoms with Crippen molar-refractivity contribution in [3.8, 4) is 0 Å². The number of halogens is 1. The summed E-state index contributed by atoms with van der Waals surface area (Å²) in [5, 5.41) is 3.52. The minimum atomic E-state index is 0.193. The number of nitrogens with zero attached hydrogens (tertiary/aromatic N) is 1. The van der Waals surface area contributed by atoms with Crippen LogP contribution in [0.2, 0.25) is 0 Å². The number of hydrogen-bond acceptors (Lipinski definition) is 2. The smallest absolute Gasteiger partial charge is 0.254 e. The molecular formula is C17H23BrN2O. The molecule has 2 aliphatic heterocycles. The van der Waals surface area contributed by atoms with Crippen LogP contribution in [0.3, 0.4) is 0 Å². The van der Waals surface area contributed by atoms with E-state index in [9.17, 15) is 4.79 Å². The highest BCUT2D eigenvalue weighted by atomic mass is 79.9. The fourth-order valence-electron chi connectivity index (χ4n) is 3.77. The van der Waals surface area contributed by atoms with Crippen LogP contribution < -0.4 is 5.32 Å². The van der Waals surface area contributed by atoms with Gasteiger partial charge in [0.15, 0.2) is 0 Å². The maximum atomic E-state index is 12.9. The topological polar surface area (TPSA) is 32.3 Å². The van der Waals surface area contributed by atoms with Crippen molar-refractivity contribution < 1.29 is 4.79 Å². The Morgan fingerprint density at radius 3 is 2.90 bits per heavy atom. The first-order valence-electron chi connectivity index (χ1n) is 7.86. The lowest BCUT2D eigenvalue weighted by atomic mass is 9.74. The Kier molecular flexibility index (Phi) is 4.36. The fourth-order valence-corrected chi connectivity index (χ4v) is 4.14. The summed E-state index contributed by atoms with van der Waals surface area (Å²) in [5.41, 5.74) is 2.19. The first-order chi connectivity index (χ1) is 10.1. The van der Waals surface area contributed by atoms with Gasteiger partial charge in [0.05, 0.1) is 0 Å². The predicted molar refractivity (Wildman–Crippen MR) is 88.6 cm³/mol. The molecule has 1 unspecified atom stereocenters. The highest BCUT2D eigenvalue weighted by Crippen LogP contribution is 2.36. The van der Waals surface area contributed by atoms with Crippen LogP contribution in [0.5, 0.6) is 0 Å². The van der Waals surface area contributed by atoms with Crippen LogP contribution in [0.1, 0.15) is 41.6 Å². The van der Waals surface area contributed by atoms with E-state index < -0.39 is 0 Å². The van der Waals surface area contributed by atoms with Gasteiger partial charge in [-0.2, -0.15) is 0 Å². The summed E-state index contributed by atoms with van der Waals surface area (Å²) in [6, 6.07) is 5.89. The largest absolute Gasteiger partial charge is 0.338 e. The van der Waals surface area contributed by atoms with Gasteiger partial charge in [-0.15, -0.1) is 0 Å². The van der Waals surface area contributed by atoms with Crippen molar-refractivity contribution in [3.63, 3.8) is 0 Å². The molecule has 1 atom stereocenters. The van der Waals surface area contributed by atoms with Gasteiger partial charge >= 0.3 is 0 Å². The lowest BCUT2D eigenvalue weighted by Gasteiger charge is -2.45. The Bertz CT molecular complexity index is 532. The van der Waals surface area contributed by atoms with E-state index in [4.69, 9.17) is 0 Å². The molecule has 0 radical (unpaired) electrons. The van der Waals surface area contributed by atoms with Gasteiger partial charge < -0.3 is 10.2 Å². The van der Waals surface area contributed by atoms with E-state index in [2.05, 4.69) is 26.1 Å². The number of amides is 1. The Morgan fingerprint density at radius 1 is 1.33 bits per heavy atom. The second-order valence-corrected chi connectivity index (χ2v) is 7.38. The number of nitrogens with one attached hydrogen (secondary N) is 1. The Hall–Kier alpha value is -0.870. The normalized spacial score (nSPS) is 26.1. The summed E-state index contributed by atoms with van der Waals surface area (Å²) < 4.78 is 1.01. The summed E-state index contributed by atoms with van der Waals surface area (Å²) in [6.45, 7) is 6.01. The van der Waals surface area contributed by atoms with E-state index in [0.29, 0.717) is 5.41 Å². The highest BCUT2D eigenvalue weighted by Gasteiger charge is 2.38. The van der Waals surface area contributed by atoms with Crippen molar-refractivity contribution in [2.75, 3.05) is 26.2 Å². The molecule has 1 spiro atoms. The number of benzene rings is 1. The maximum absolute atomic E-state index is 12.9. The van der Waals surface area contributed by atoms with Crippen LogP contribution in [0.25, 0.3) is 0 Å². The third-order valence-electron chi connectivity index (χ3n) is 5.01. The lowest BCUT2D eigenvalue weighted by molar-refractivity contribution is 0.0433. The second kappa shape index (κ2) is 6.09. The molecule has 2 fully saturated rings. The Labute approximate surface area is 135 Å². The molecule has 1 N–H and O–H groups in total. The van der Waals surface area contributed by atoms with Crippen LogP contribution in [-0.4, -0.2) is 37.0 Å². The van der Waals surface area contributed by atoms with Crippen LogP contribution in [0.4, 0.5) is 0 Å². The SMILES string of the molecule is Cc1c(Br)cccc1C(=O)N1CCCC2(CCCNC2)C1. The number of rotatable bonds is 1. The number of carbonyl (C=O) groups is 1. The molecule has 0 bridgehead atoms. The average Bonchev–Trinajstić information content (AvgIpc) is 2.50. The van der Waals surface area contributed by atoms with Gasteiger partial charge in [0.1, 0.15) is 0 Å². The fraction of sp³-hybridized carbons (Fsp3) is 0.588. The highest BCUT2D eigenvalue weighted by molar-refractivity contribution is 9.10. The first kappa shape index (κ1) is 15.0. The van der Waals surface area contributed by atoms with Gasteiger partial charge in [0.25, 0.3) is 5.91 Å². The molecule has 3 rings (SSSR count). The molecule has 0 aromatic heterocycles. The van der Waals surface area contributed by atoms with Crippen molar-refractivity contribution >= 4 is 21.8 Å². The lowest BCUT2D eigenvalue weighted by Crippen LogP contribution is -2.52. The summed E-state index contributed by atoms with van der Waals surface area (Å²) in [4.78, 5) is 15.0. The zero-order chi connectivity index (χ0) is 14.9. The molecule has 1 aromatic rings. The van der Waals surface area contributed by atoms with Gasteiger partial charge in [0.2, 0.25) is 0 Å². The second-order valence-electron chi connectivity index (χ2n) is 6.52. The first-order valence-corrected chi connectivity index (χ1v) is 8.66. The van der Waals surface area contributed by atoms with Gasteiger partial charge in [-0.25, -0.2) is 0 Å². The molecule has 0 aliphatic carbocycles. The minimum absolute atomic E-state index is 0.193. The molecule has 114 valence electrons. The van der Waals surface area contributed by atoms with E-state index in [0.717, 1.165) is 48.2 Å². The zero-order valence-corrected chi connectivity index (χ0v) is 14.2. The Balaban J connectivity index is 1.79. The van der Waals surface area contributed by atoms with Crippen LogP contribution >= 0.6 is 15.9 Å². The van der Waals surface area contributed by atoms with Gasteiger partial charge in [-0.3, -0.25) is 4.79 Å². The summed E-state index contributed by atoms with van der Waals surface area (Å²) >= 11 is 3.53. The molecule has 2 aliphatic rings. The third-order valence-corrected chi connectivity index (χ3v) is 5.87. The molecule has 2 heterocycles. The molecule has 1 aromatic carbocycles. The van der Waals surface area contributed by atoms with Crippen molar-refractivity contribution in [2.24, 2.45) is 5.41 Å². The maximum Gasteiger partial charge on any atom is 0.254 e. The molecule has 3 nitrogen and oxygen atoms in total. The van der Waals surface area contributed by atoms with Crippen molar-refractivity contribution in [3.05, 3.63) is 33.8 Å². The van der Waals surface area contributed by atoms with Crippen molar-refractivity contribution in [1.82, 2.24) is 10.2 Å². The number of piperidine rings is 2. The van der Waals surface area contributed by atoms with E-state index in [1.54, 1.807) is 0 Å². The predicted octanol–water partition coefficient (Wildman–Crippen LogP) is 3.36. The van der Waals surface area contributed by atoms with Gasteiger partial charge in [-0.05, 0) is 56.8 Å². The summed E-state index contributed by atoms with van der Waals surface area (Å²) in [5.74, 6) is 0.193. The monoisotopic (exact) mass is 350 g/mol. The van der Waals surface area contributed by atoms with Gasteiger partial charge in [0, 0.05) is 35.1 Å². The number of carbonyl (C=O) groups excluding carboxylic acids is 1. The number of hydrogen-bond donors (Lipinski definition) is 1. The van der Waals surface area contributed by atoms with Crippen LogP contribution in [-0.2, 0) is 0 Å². The van der Waals surface area contributed by atoms with E-state index in [1.165, 1.54) is 19.3 Å². The standard InChI is InChI=1S/C17H23BrN2O/c1-13-14(5-2-6-15(13)18)16(21)20-10-4-8-17(12-20)7-3-9-19-11-17/h2,5-6,19H,3-4,7-12H2,1H3. The van der Waals surface area contributed by atoms with Crippen molar-refractivity contribution in [1.29, 1.82) is 0 Å². The summed E-state index contributed by atoms with van der Waals surface area (Å²) in [7, 11) is 0. The molecular weight excluding hydrogens is 328 g/mol. The Morgan fingerprint density at radius 2 is 2.14 bits per heavy atom. The molecule has 1 amide bonds. The molecule has 4 heteroatoms. The summed E-state index contributed by atoms with van der Waals surface area (Å²) in [6.07, 6.45) is 4.86. The van der Waals surface area contributed by atoms with E-state index >= 15 is 0 Å².